The Bertz CT molecular complexity index is 664. The lowest BCUT2D eigenvalue weighted by Gasteiger charge is -2.47. The van der Waals surface area contributed by atoms with E-state index in [9.17, 15) is 9.90 Å². The average molecular weight is 458 g/mol. The van der Waals surface area contributed by atoms with Crippen molar-refractivity contribution in [1.82, 2.24) is 0 Å². The maximum Gasteiger partial charge on any atom is 0.157 e. The van der Waals surface area contributed by atoms with Gasteiger partial charge in [-0.15, -0.1) is 0 Å². The van der Waals surface area contributed by atoms with Crippen LogP contribution in [0, 0.1) is 0 Å². The number of carbonyl (C=O) groups excluding carboxylic acids is 1. The van der Waals surface area contributed by atoms with Gasteiger partial charge in [0.2, 0.25) is 0 Å². The lowest BCUT2D eigenvalue weighted by molar-refractivity contribution is 0.112. The summed E-state index contributed by atoms with van der Waals surface area (Å²) in [7, 11) is 2.01. The van der Waals surface area contributed by atoms with Gasteiger partial charge >= 0.3 is 0 Å². The van der Waals surface area contributed by atoms with E-state index in [1.165, 1.54) is 0 Å². The smallest absolute Gasteiger partial charge is 0.157 e. The number of carbonyl (C=O) groups is 1. The number of alkyl halides is 1. The third kappa shape index (κ3) is 3.28. The first kappa shape index (κ1) is 19.5. The first-order valence-corrected chi connectivity index (χ1v) is 10.2. The topological polar surface area (TPSA) is 46.5 Å². The summed E-state index contributed by atoms with van der Waals surface area (Å²) in [6.45, 7) is 4.33. The molecule has 3 nitrogen and oxygen atoms in total. The molecule has 24 heavy (non-hydrogen) atoms. The van der Waals surface area contributed by atoms with Crippen LogP contribution in [0.25, 0.3) is 0 Å². The van der Waals surface area contributed by atoms with Gasteiger partial charge in [-0.1, -0.05) is 75.4 Å². The van der Waals surface area contributed by atoms with Crippen LogP contribution < -0.4 is 5.30 Å². The van der Waals surface area contributed by atoms with Crippen LogP contribution in [-0.2, 0) is 4.74 Å². The highest BCUT2D eigenvalue weighted by molar-refractivity contribution is 14.1. The van der Waals surface area contributed by atoms with Crippen molar-refractivity contribution in [2.24, 2.45) is 0 Å². The van der Waals surface area contributed by atoms with Crippen molar-refractivity contribution < 1.29 is 14.6 Å². The summed E-state index contributed by atoms with van der Waals surface area (Å²) in [5, 5.41) is 11.8. The lowest BCUT2D eigenvalue weighted by atomic mass is 9.80. The number of aliphatic hydroxyl groups excluding tert-OH is 1. The van der Waals surface area contributed by atoms with Crippen LogP contribution in [-0.4, -0.2) is 27.1 Å². The molecule has 0 aliphatic heterocycles. The van der Waals surface area contributed by atoms with E-state index >= 15 is 0 Å². The molecule has 5 heteroatoms. The molecule has 1 aliphatic rings. The zero-order chi connectivity index (χ0) is 17.8. The Morgan fingerprint density at radius 2 is 2.04 bits per heavy atom. The van der Waals surface area contributed by atoms with E-state index in [4.69, 9.17) is 4.74 Å². The molecule has 1 N–H and O–H groups in total. The number of benzene rings is 1. The molecule has 2 rings (SSSR count). The molecule has 2 atom stereocenters. The zero-order valence-electron chi connectivity index (χ0n) is 14.3. The molecule has 0 heterocycles. The first-order chi connectivity index (χ1) is 11.5. The Hall–Kier alpha value is -0.870. The Morgan fingerprint density at radius 1 is 1.38 bits per heavy atom. The van der Waals surface area contributed by atoms with Gasteiger partial charge in [0.1, 0.15) is 0 Å². The van der Waals surface area contributed by atoms with Crippen molar-refractivity contribution in [2.75, 3.05) is 7.11 Å². The van der Waals surface area contributed by atoms with Gasteiger partial charge < -0.3 is 9.84 Å². The number of allylic oxidation sites excluding steroid dienone is 3. The molecule has 0 fully saturated rings. The molecule has 0 saturated carbocycles. The molecule has 0 aromatic heterocycles. The number of methoxy groups -OCH3 is 1. The highest BCUT2D eigenvalue weighted by atomic mass is 127. The van der Waals surface area contributed by atoms with Crippen LogP contribution >= 0.6 is 31.2 Å². The fourth-order valence-electron chi connectivity index (χ4n) is 3.34. The Kier molecular flexibility index (Phi) is 6.49. The Labute approximate surface area is 159 Å². The maximum absolute atomic E-state index is 11.4. The molecular formula is C19H24IO3P. The van der Waals surface area contributed by atoms with Crippen LogP contribution in [0.3, 0.4) is 0 Å². The molecule has 2 unspecified atom stereocenters. The number of hydrogen-bond acceptors (Lipinski definition) is 3. The lowest BCUT2D eigenvalue weighted by Crippen LogP contribution is -2.49. The number of ether oxygens (including phenoxy) is 1. The van der Waals surface area contributed by atoms with Crippen LogP contribution in [0.5, 0.6) is 0 Å². The summed E-state index contributed by atoms with van der Waals surface area (Å²) < 4.78 is 4.92. The minimum atomic E-state index is -0.442. The highest BCUT2D eigenvalue weighted by Gasteiger charge is 2.52. The van der Waals surface area contributed by atoms with Gasteiger partial charge in [0.25, 0.3) is 0 Å². The third-order valence-corrected chi connectivity index (χ3v) is 9.75. The number of hydrogen-bond donors (Lipinski definition) is 1. The second kappa shape index (κ2) is 8.01. The summed E-state index contributed by atoms with van der Waals surface area (Å²) in [5.74, 6) is 0.850. The minimum absolute atomic E-state index is 0.148. The summed E-state index contributed by atoms with van der Waals surface area (Å²) in [6.07, 6.45) is 7.41. The molecule has 130 valence electrons. The van der Waals surface area contributed by atoms with Crippen molar-refractivity contribution >= 4 is 42.8 Å². The SMILES string of the molecule is CCC(CC)(Pc1ccccc1C=O)C1(I)CC=CC(OC)=C1O. The average Bonchev–Trinajstić information content (AvgIpc) is 2.62. The number of halogens is 1. The van der Waals surface area contributed by atoms with E-state index in [-0.39, 0.29) is 5.16 Å². The second-order valence-corrected chi connectivity index (χ2v) is 9.53. The van der Waals surface area contributed by atoms with E-state index in [0.29, 0.717) is 20.1 Å². The molecule has 0 bridgehead atoms. The number of aldehydes is 1. The summed E-state index contributed by atoms with van der Waals surface area (Å²) in [4.78, 5) is 11.4. The van der Waals surface area contributed by atoms with E-state index in [1.54, 1.807) is 7.11 Å². The Balaban J connectivity index is 2.53. The van der Waals surface area contributed by atoms with Crippen molar-refractivity contribution in [1.29, 1.82) is 0 Å². The van der Waals surface area contributed by atoms with Gasteiger partial charge in [-0.25, -0.2) is 0 Å². The molecular weight excluding hydrogens is 434 g/mol. The van der Waals surface area contributed by atoms with Crippen LogP contribution in [0.2, 0.25) is 0 Å². The molecule has 1 aliphatic carbocycles. The number of rotatable bonds is 7. The van der Waals surface area contributed by atoms with Gasteiger partial charge in [0.15, 0.2) is 17.8 Å². The van der Waals surface area contributed by atoms with E-state index in [0.717, 1.165) is 36.4 Å². The van der Waals surface area contributed by atoms with E-state index < -0.39 is 3.42 Å². The third-order valence-electron chi connectivity index (χ3n) is 4.92. The van der Waals surface area contributed by atoms with Gasteiger partial charge in [-0.3, -0.25) is 4.79 Å². The van der Waals surface area contributed by atoms with Crippen LogP contribution in [0.4, 0.5) is 0 Å². The number of aliphatic hydroxyl groups is 1. The fraction of sp³-hybridized carbons (Fsp3) is 0.421. The predicted octanol–water partition coefficient (Wildman–Crippen LogP) is 4.91. The molecule has 0 amide bonds. The van der Waals surface area contributed by atoms with Gasteiger partial charge in [0.05, 0.1) is 10.5 Å². The standard InChI is InChI=1S/C19H24IO3P/c1-4-18(5-2,24-16-11-7-6-9-14(16)13-21)19(20)12-8-10-15(23-3)17(19)22/h6-11,13,22,24H,4-5,12H2,1-3H3. The molecule has 0 radical (unpaired) electrons. The maximum atomic E-state index is 11.4. The van der Waals surface area contributed by atoms with E-state index in [1.807, 2.05) is 30.3 Å². The molecule has 0 saturated heterocycles. The largest absolute Gasteiger partial charge is 0.507 e. The minimum Gasteiger partial charge on any atom is -0.507 e. The van der Waals surface area contributed by atoms with Crippen molar-refractivity contribution in [3.8, 4) is 0 Å². The van der Waals surface area contributed by atoms with Gasteiger partial charge in [-0.05, 0) is 30.6 Å². The van der Waals surface area contributed by atoms with Crippen LogP contribution in [0.1, 0.15) is 43.5 Å². The quantitative estimate of drug-likeness (QED) is 0.273. The van der Waals surface area contributed by atoms with E-state index in [2.05, 4.69) is 42.5 Å². The van der Waals surface area contributed by atoms with Gasteiger partial charge in [0, 0.05) is 10.7 Å². The Morgan fingerprint density at radius 3 is 2.62 bits per heavy atom. The second-order valence-electron chi connectivity index (χ2n) is 5.94. The van der Waals surface area contributed by atoms with Gasteiger partial charge in [-0.2, -0.15) is 0 Å². The molecule has 0 spiro atoms. The van der Waals surface area contributed by atoms with Crippen molar-refractivity contribution in [3.63, 3.8) is 0 Å². The molecule has 1 aromatic rings. The van der Waals surface area contributed by atoms with Crippen molar-refractivity contribution in [3.05, 3.63) is 53.5 Å². The molecule has 1 aromatic carbocycles. The van der Waals surface area contributed by atoms with Crippen LogP contribution in [0.15, 0.2) is 47.9 Å². The summed E-state index contributed by atoms with van der Waals surface area (Å²) in [6, 6.07) is 7.75. The monoisotopic (exact) mass is 458 g/mol. The normalized spacial score (nSPS) is 21.5. The predicted molar refractivity (Wildman–Crippen MR) is 110 cm³/mol. The fourth-order valence-corrected chi connectivity index (χ4v) is 6.78. The summed E-state index contributed by atoms with van der Waals surface area (Å²) in [5.41, 5.74) is 0.740. The first-order valence-electron chi connectivity index (χ1n) is 8.13. The zero-order valence-corrected chi connectivity index (χ0v) is 17.5. The highest BCUT2D eigenvalue weighted by Crippen LogP contribution is 2.57. The summed E-state index contributed by atoms with van der Waals surface area (Å²) >= 11 is 2.40. The van der Waals surface area contributed by atoms with Crippen molar-refractivity contribution in [2.45, 2.75) is 41.7 Å².